The summed E-state index contributed by atoms with van der Waals surface area (Å²) in [5.74, 6) is 1.53. The van der Waals surface area contributed by atoms with Gasteiger partial charge in [0.2, 0.25) is 0 Å². The predicted molar refractivity (Wildman–Crippen MR) is 95.5 cm³/mol. The zero-order chi connectivity index (χ0) is 16.1. The van der Waals surface area contributed by atoms with Gasteiger partial charge < -0.3 is 4.42 Å². The highest BCUT2D eigenvalue weighted by molar-refractivity contribution is 5.38. The van der Waals surface area contributed by atoms with Gasteiger partial charge in [-0.1, -0.05) is 80.9 Å². The van der Waals surface area contributed by atoms with Gasteiger partial charge in [0.05, 0.1) is 11.7 Å². The Hall–Kier alpha value is -2.28. The molecule has 0 saturated carbocycles. The topological polar surface area (TPSA) is 13.1 Å². The highest BCUT2D eigenvalue weighted by Gasteiger charge is 2.41. The molecule has 1 nitrogen and oxygen atoms in total. The van der Waals surface area contributed by atoms with Gasteiger partial charge in [0.1, 0.15) is 5.76 Å². The van der Waals surface area contributed by atoms with E-state index in [0.29, 0.717) is 5.92 Å². The van der Waals surface area contributed by atoms with E-state index < -0.39 is 0 Å². The SMILES string of the molecule is CCC(C)C(Cc1ccccc1)(c1ccccc1)c1ccco1. The van der Waals surface area contributed by atoms with E-state index in [1.165, 1.54) is 11.1 Å². The van der Waals surface area contributed by atoms with Crippen LogP contribution in [-0.4, -0.2) is 0 Å². The van der Waals surface area contributed by atoms with Crippen LogP contribution in [0.15, 0.2) is 83.5 Å². The number of hydrogen-bond acceptors (Lipinski definition) is 1. The highest BCUT2D eigenvalue weighted by atomic mass is 16.3. The minimum Gasteiger partial charge on any atom is -0.468 e. The van der Waals surface area contributed by atoms with E-state index in [4.69, 9.17) is 4.42 Å². The maximum Gasteiger partial charge on any atom is 0.114 e. The Morgan fingerprint density at radius 2 is 1.52 bits per heavy atom. The van der Waals surface area contributed by atoms with Crippen molar-refractivity contribution in [2.45, 2.75) is 32.1 Å². The third-order valence-corrected chi connectivity index (χ3v) is 5.03. The fourth-order valence-corrected chi connectivity index (χ4v) is 3.57. The van der Waals surface area contributed by atoms with E-state index in [-0.39, 0.29) is 5.41 Å². The third-order valence-electron chi connectivity index (χ3n) is 5.03. The predicted octanol–water partition coefficient (Wildman–Crippen LogP) is 5.85. The fraction of sp³-hybridized carbons (Fsp3) is 0.273. The molecule has 0 aliphatic heterocycles. The Morgan fingerprint density at radius 3 is 2.09 bits per heavy atom. The van der Waals surface area contributed by atoms with E-state index in [0.717, 1.165) is 18.6 Å². The second-order valence-corrected chi connectivity index (χ2v) is 6.29. The van der Waals surface area contributed by atoms with Crippen molar-refractivity contribution in [3.8, 4) is 0 Å². The molecule has 2 atom stereocenters. The molecule has 118 valence electrons. The van der Waals surface area contributed by atoms with E-state index in [9.17, 15) is 0 Å². The van der Waals surface area contributed by atoms with Gasteiger partial charge in [-0.05, 0) is 35.6 Å². The first-order valence-corrected chi connectivity index (χ1v) is 8.41. The van der Waals surface area contributed by atoms with Crippen molar-refractivity contribution in [1.29, 1.82) is 0 Å². The number of rotatable bonds is 6. The average molecular weight is 304 g/mol. The van der Waals surface area contributed by atoms with Crippen LogP contribution >= 0.6 is 0 Å². The molecule has 1 heterocycles. The molecule has 0 aliphatic carbocycles. The van der Waals surface area contributed by atoms with Crippen LogP contribution in [0.25, 0.3) is 0 Å². The zero-order valence-electron chi connectivity index (χ0n) is 13.9. The molecule has 2 unspecified atom stereocenters. The van der Waals surface area contributed by atoms with Gasteiger partial charge in [-0.2, -0.15) is 0 Å². The molecular weight excluding hydrogens is 280 g/mol. The molecule has 1 heteroatoms. The summed E-state index contributed by atoms with van der Waals surface area (Å²) in [6, 6.07) is 25.7. The van der Waals surface area contributed by atoms with Crippen LogP contribution in [0.2, 0.25) is 0 Å². The van der Waals surface area contributed by atoms with Crippen LogP contribution in [0.3, 0.4) is 0 Å². The normalized spacial score (nSPS) is 15.0. The Labute approximate surface area is 139 Å². The molecule has 0 bridgehead atoms. The Balaban J connectivity index is 2.18. The van der Waals surface area contributed by atoms with Gasteiger partial charge in [-0.25, -0.2) is 0 Å². The molecule has 0 spiro atoms. The van der Waals surface area contributed by atoms with Gasteiger partial charge in [-0.15, -0.1) is 0 Å². The summed E-state index contributed by atoms with van der Waals surface area (Å²) in [5.41, 5.74) is 2.53. The van der Waals surface area contributed by atoms with Crippen molar-refractivity contribution in [2.75, 3.05) is 0 Å². The van der Waals surface area contributed by atoms with Crippen molar-refractivity contribution < 1.29 is 4.42 Å². The smallest absolute Gasteiger partial charge is 0.114 e. The largest absolute Gasteiger partial charge is 0.468 e. The minimum absolute atomic E-state index is 0.138. The minimum atomic E-state index is -0.138. The molecule has 0 saturated heterocycles. The quantitative estimate of drug-likeness (QED) is 0.556. The van der Waals surface area contributed by atoms with Crippen molar-refractivity contribution >= 4 is 0 Å². The van der Waals surface area contributed by atoms with Crippen LogP contribution < -0.4 is 0 Å². The Bertz CT molecular complexity index is 700. The van der Waals surface area contributed by atoms with Gasteiger partial charge in [0.25, 0.3) is 0 Å². The second-order valence-electron chi connectivity index (χ2n) is 6.29. The lowest BCUT2D eigenvalue weighted by molar-refractivity contribution is 0.275. The Kier molecular flexibility index (Phi) is 4.66. The van der Waals surface area contributed by atoms with Crippen LogP contribution in [0.1, 0.15) is 37.2 Å². The molecule has 0 aliphatic rings. The molecule has 3 aromatic rings. The molecule has 23 heavy (non-hydrogen) atoms. The molecule has 2 aromatic carbocycles. The van der Waals surface area contributed by atoms with Crippen molar-refractivity contribution in [2.24, 2.45) is 5.92 Å². The molecule has 1 aromatic heterocycles. The highest BCUT2D eigenvalue weighted by Crippen LogP contribution is 2.43. The van der Waals surface area contributed by atoms with Crippen LogP contribution in [0.4, 0.5) is 0 Å². The summed E-state index contributed by atoms with van der Waals surface area (Å²) in [6.07, 6.45) is 3.84. The van der Waals surface area contributed by atoms with Gasteiger partial charge in [0, 0.05) is 0 Å². The lowest BCUT2D eigenvalue weighted by Gasteiger charge is -2.38. The third kappa shape index (κ3) is 2.96. The summed E-state index contributed by atoms with van der Waals surface area (Å²) in [5, 5.41) is 0. The number of hydrogen-bond donors (Lipinski definition) is 0. The summed E-state index contributed by atoms with van der Waals surface area (Å²) in [4.78, 5) is 0. The number of benzene rings is 2. The van der Waals surface area contributed by atoms with Gasteiger partial charge in [-0.3, -0.25) is 0 Å². The van der Waals surface area contributed by atoms with E-state index >= 15 is 0 Å². The summed E-state index contributed by atoms with van der Waals surface area (Å²) in [6.45, 7) is 4.59. The molecule has 3 rings (SSSR count). The van der Waals surface area contributed by atoms with E-state index in [1.54, 1.807) is 6.26 Å². The number of furan rings is 1. The zero-order valence-corrected chi connectivity index (χ0v) is 13.9. The van der Waals surface area contributed by atoms with Crippen LogP contribution in [0.5, 0.6) is 0 Å². The summed E-state index contributed by atoms with van der Waals surface area (Å²) in [7, 11) is 0. The fourth-order valence-electron chi connectivity index (χ4n) is 3.57. The van der Waals surface area contributed by atoms with E-state index in [1.807, 2.05) is 6.07 Å². The monoisotopic (exact) mass is 304 g/mol. The van der Waals surface area contributed by atoms with Crippen molar-refractivity contribution in [1.82, 2.24) is 0 Å². The summed E-state index contributed by atoms with van der Waals surface area (Å²) >= 11 is 0. The van der Waals surface area contributed by atoms with E-state index in [2.05, 4.69) is 80.6 Å². The molecule has 0 amide bonds. The molecule has 0 fully saturated rings. The first kappa shape index (κ1) is 15.6. The van der Waals surface area contributed by atoms with Crippen molar-refractivity contribution in [3.63, 3.8) is 0 Å². The average Bonchev–Trinajstić information content (AvgIpc) is 3.15. The van der Waals surface area contributed by atoms with Crippen LogP contribution in [0, 0.1) is 5.92 Å². The summed E-state index contributed by atoms with van der Waals surface area (Å²) < 4.78 is 5.95. The lowest BCUT2D eigenvalue weighted by Crippen LogP contribution is -2.37. The first-order chi connectivity index (χ1) is 11.3. The molecular formula is C22H24O. The van der Waals surface area contributed by atoms with Crippen molar-refractivity contribution in [3.05, 3.63) is 95.9 Å². The van der Waals surface area contributed by atoms with Gasteiger partial charge >= 0.3 is 0 Å². The van der Waals surface area contributed by atoms with Gasteiger partial charge in [0.15, 0.2) is 0 Å². The standard InChI is InChI=1S/C22H24O/c1-3-18(2)22(21-15-10-16-23-21,20-13-8-5-9-14-20)17-19-11-6-4-7-12-19/h4-16,18H,3,17H2,1-2H3. The molecule has 0 radical (unpaired) electrons. The first-order valence-electron chi connectivity index (χ1n) is 8.41. The lowest BCUT2D eigenvalue weighted by atomic mass is 9.65. The maximum absolute atomic E-state index is 5.95. The molecule has 0 N–H and O–H groups in total. The van der Waals surface area contributed by atoms with Crippen LogP contribution in [-0.2, 0) is 11.8 Å². The Morgan fingerprint density at radius 1 is 0.870 bits per heavy atom. The second kappa shape index (κ2) is 6.87. The maximum atomic E-state index is 5.95.